The lowest BCUT2D eigenvalue weighted by atomic mass is 9.96. The second kappa shape index (κ2) is 12.1. The highest BCUT2D eigenvalue weighted by atomic mass is 16.5. The lowest BCUT2D eigenvalue weighted by Crippen LogP contribution is -2.43. The van der Waals surface area contributed by atoms with Crippen molar-refractivity contribution in [2.24, 2.45) is 0 Å². The Morgan fingerprint density at radius 2 is 1.46 bits per heavy atom. The molecular formula is C35H33NO5. The molecule has 5 aromatic rings. The Balaban J connectivity index is 1.17. The fourth-order valence-corrected chi connectivity index (χ4v) is 4.65. The van der Waals surface area contributed by atoms with Crippen LogP contribution in [0.4, 0.5) is 0 Å². The van der Waals surface area contributed by atoms with E-state index in [-0.39, 0.29) is 6.42 Å². The Morgan fingerprint density at radius 1 is 0.829 bits per heavy atom. The Morgan fingerprint density at radius 3 is 2.15 bits per heavy atom. The lowest BCUT2D eigenvalue weighted by Gasteiger charge is -2.27. The van der Waals surface area contributed by atoms with Crippen molar-refractivity contribution in [3.63, 3.8) is 0 Å². The molecule has 0 bridgehead atoms. The van der Waals surface area contributed by atoms with E-state index in [0.717, 1.165) is 33.7 Å². The van der Waals surface area contributed by atoms with Gasteiger partial charge in [0.05, 0.1) is 12.3 Å². The summed E-state index contributed by atoms with van der Waals surface area (Å²) in [6.45, 7) is 5.84. The van der Waals surface area contributed by atoms with E-state index in [2.05, 4.69) is 24.3 Å². The molecule has 1 aromatic heterocycles. The number of nitrogens with zero attached hydrogens (tertiary/aromatic N) is 1. The number of carboxylic acids is 1. The molecule has 0 radical (unpaired) electrons. The molecule has 6 nitrogen and oxygen atoms in total. The molecule has 0 aliphatic carbocycles. The number of rotatable bonds is 11. The fraction of sp³-hybridized carbons (Fsp3) is 0.200. The number of hydrogen-bond donors (Lipinski definition) is 1. The maximum atomic E-state index is 12.1. The first-order chi connectivity index (χ1) is 19.8. The summed E-state index contributed by atoms with van der Waals surface area (Å²) in [7, 11) is 0. The minimum Gasteiger partial charge on any atom is -0.493 e. The second-order valence-electron chi connectivity index (χ2n) is 10.3. The van der Waals surface area contributed by atoms with Crippen molar-refractivity contribution in [2.75, 3.05) is 6.61 Å². The van der Waals surface area contributed by atoms with Crippen LogP contribution in [-0.2, 0) is 17.6 Å². The summed E-state index contributed by atoms with van der Waals surface area (Å²) in [4.78, 5) is 16.8. The standard InChI is InChI=1S/C35H33NO5/c1-24-9-7-8-12-32(24)41-35(3,34(37)38)23-26-13-19-30(20-14-26)39-22-21-31-25(2)40-33(36-31)29-17-15-28(16-18-29)27-10-5-4-6-11-27/h4-20H,21-23H2,1-3H3,(H,37,38). The summed E-state index contributed by atoms with van der Waals surface area (Å²) in [6.07, 6.45) is 0.810. The molecule has 0 aliphatic rings. The van der Waals surface area contributed by atoms with Gasteiger partial charge in [-0.25, -0.2) is 9.78 Å². The van der Waals surface area contributed by atoms with Gasteiger partial charge in [0.1, 0.15) is 17.3 Å². The van der Waals surface area contributed by atoms with Crippen molar-refractivity contribution in [1.82, 2.24) is 4.98 Å². The molecule has 41 heavy (non-hydrogen) atoms. The largest absolute Gasteiger partial charge is 0.493 e. The van der Waals surface area contributed by atoms with Crippen molar-refractivity contribution in [1.29, 1.82) is 0 Å². The summed E-state index contributed by atoms with van der Waals surface area (Å²) in [5, 5.41) is 9.92. The Bertz CT molecular complexity index is 1610. The van der Waals surface area contributed by atoms with Gasteiger partial charge in [0.2, 0.25) is 11.5 Å². The van der Waals surface area contributed by atoms with Crippen LogP contribution in [0.1, 0.15) is 29.5 Å². The predicted molar refractivity (Wildman–Crippen MR) is 159 cm³/mol. The zero-order chi connectivity index (χ0) is 28.8. The van der Waals surface area contributed by atoms with E-state index in [1.165, 1.54) is 5.56 Å². The van der Waals surface area contributed by atoms with Crippen molar-refractivity contribution >= 4 is 5.97 Å². The fourth-order valence-electron chi connectivity index (χ4n) is 4.65. The third kappa shape index (κ3) is 6.67. The molecule has 5 rings (SSSR count). The summed E-state index contributed by atoms with van der Waals surface area (Å²) in [5.74, 6) is 1.61. The number of carboxylic acid groups (broad SMARTS) is 1. The Labute approximate surface area is 240 Å². The highest BCUT2D eigenvalue weighted by molar-refractivity contribution is 5.78. The van der Waals surface area contributed by atoms with Crippen molar-refractivity contribution in [3.8, 4) is 34.1 Å². The first-order valence-electron chi connectivity index (χ1n) is 13.6. The number of aliphatic carboxylic acids is 1. The van der Waals surface area contributed by atoms with Crippen molar-refractivity contribution in [2.45, 2.75) is 39.2 Å². The van der Waals surface area contributed by atoms with Gasteiger partial charge in [-0.1, -0.05) is 72.8 Å². The maximum absolute atomic E-state index is 12.1. The number of aryl methyl sites for hydroxylation is 2. The summed E-state index contributed by atoms with van der Waals surface area (Å²) >= 11 is 0. The monoisotopic (exact) mass is 547 g/mol. The minimum atomic E-state index is -1.40. The van der Waals surface area contributed by atoms with Crippen molar-refractivity contribution in [3.05, 3.63) is 126 Å². The number of aromatic nitrogens is 1. The van der Waals surface area contributed by atoms with Gasteiger partial charge in [0, 0.05) is 18.4 Å². The van der Waals surface area contributed by atoms with Crippen LogP contribution in [-0.4, -0.2) is 28.3 Å². The van der Waals surface area contributed by atoms with E-state index in [0.29, 0.717) is 30.4 Å². The van der Waals surface area contributed by atoms with E-state index in [1.54, 1.807) is 13.0 Å². The predicted octanol–water partition coefficient (Wildman–Crippen LogP) is 7.71. The Hall–Kier alpha value is -4.84. The zero-order valence-corrected chi connectivity index (χ0v) is 23.5. The molecule has 6 heteroatoms. The van der Waals surface area contributed by atoms with E-state index in [1.807, 2.05) is 86.6 Å². The molecular weight excluding hydrogens is 514 g/mol. The van der Waals surface area contributed by atoms with Crippen LogP contribution in [0.25, 0.3) is 22.6 Å². The summed E-state index contributed by atoms with van der Waals surface area (Å²) in [6, 6.07) is 33.3. The molecule has 0 aliphatic heterocycles. The van der Waals surface area contributed by atoms with Gasteiger partial charge < -0.3 is 19.0 Å². The van der Waals surface area contributed by atoms with Crippen LogP contribution in [0.5, 0.6) is 11.5 Å². The normalized spacial score (nSPS) is 12.5. The minimum absolute atomic E-state index is 0.212. The van der Waals surface area contributed by atoms with Crippen LogP contribution in [0.2, 0.25) is 0 Å². The number of carbonyl (C=O) groups is 1. The third-order valence-corrected chi connectivity index (χ3v) is 7.09. The van der Waals surface area contributed by atoms with Gasteiger partial charge in [0.25, 0.3) is 0 Å². The number of para-hydroxylation sites is 1. The lowest BCUT2D eigenvalue weighted by molar-refractivity contribution is -0.153. The molecule has 4 aromatic carbocycles. The van der Waals surface area contributed by atoms with Crippen LogP contribution < -0.4 is 9.47 Å². The molecule has 1 N–H and O–H groups in total. The molecule has 0 fully saturated rings. The van der Waals surface area contributed by atoms with Crippen LogP contribution in [0.15, 0.2) is 108 Å². The average molecular weight is 548 g/mol. The molecule has 0 saturated heterocycles. The summed E-state index contributed by atoms with van der Waals surface area (Å²) < 4.78 is 17.9. The van der Waals surface area contributed by atoms with E-state index in [4.69, 9.17) is 18.9 Å². The van der Waals surface area contributed by atoms with Gasteiger partial charge >= 0.3 is 5.97 Å². The number of benzene rings is 4. The molecule has 1 atom stereocenters. The molecule has 1 heterocycles. The zero-order valence-electron chi connectivity index (χ0n) is 23.5. The molecule has 0 saturated carbocycles. The van der Waals surface area contributed by atoms with E-state index >= 15 is 0 Å². The first-order valence-corrected chi connectivity index (χ1v) is 13.6. The van der Waals surface area contributed by atoms with Gasteiger partial charge in [-0.05, 0) is 73.4 Å². The van der Waals surface area contributed by atoms with Crippen LogP contribution >= 0.6 is 0 Å². The summed E-state index contributed by atoms with van der Waals surface area (Å²) in [5.41, 5.74) is 4.41. The second-order valence-corrected chi connectivity index (χ2v) is 10.3. The number of ether oxygens (including phenoxy) is 2. The van der Waals surface area contributed by atoms with E-state index in [9.17, 15) is 9.90 Å². The Kier molecular flexibility index (Phi) is 8.20. The smallest absolute Gasteiger partial charge is 0.348 e. The van der Waals surface area contributed by atoms with Gasteiger partial charge in [-0.2, -0.15) is 0 Å². The molecule has 208 valence electrons. The average Bonchev–Trinajstić information content (AvgIpc) is 3.36. The third-order valence-electron chi connectivity index (χ3n) is 7.09. The quantitative estimate of drug-likeness (QED) is 0.182. The van der Waals surface area contributed by atoms with Crippen LogP contribution in [0.3, 0.4) is 0 Å². The molecule has 0 spiro atoms. The number of hydrogen-bond acceptors (Lipinski definition) is 5. The number of oxazole rings is 1. The highest BCUT2D eigenvalue weighted by Crippen LogP contribution is 2.28. The van der Waals surface area contributed by atoms with Gasteiger partial charge in [-0.15, -0.1) is 0 Å². The highest BCUT2D eigenvalue weighted by Gasteiger charge is 2.36. The molecule has 1 unspecified atom stereocenters. The maximum Gasteiger partial charge on any atom is 0.348 e. The first kappa shape index (κ1) is 27.7. The van der Waals surface area contributed by atoms with Gasteiger partial charge in [0.15, 0.2) is 0 Å². The van der Waals surface area contributed by atoms with Crippen LogP contribution in [0, 0.1) is 13.8 Å². The van der Waals surface area contributed by atoms with E-state index < -0.39 is 11.6 Å². The van der Waals surface area contributed by atoms with Crippen molar-refractivity contribution < 1.29 is 23.8 Å². The SMILES string of the molecule is Cc1ccccc1OC(C)(Cc1ccc(OCCc2nc(-c3ccc(-c4ccccc4)cc3)oc2C)cc1)C(=O)O. The van der Waals surface area contributed by atoms with Gasteiger partial charge in [-0.3, -0.25) is 0 Å². The topological polar surface area (TPSA) is 81.8 Å². The molecule has 0 amide bonds.